The van der Waals surface area contributed by atoms with Crippen molar-refractivity contribution in [2.45, 2.75) is 38.6 Å². The molecule has 1 aliphatic heterocycles. The van der Waals surface area contributed by atoms with E-state index in [0.29, 0.717) is 6.54 Å². The molecule has 112 valence electrons. The van der Waals surface area contributed by atoms with Crippen LogP contribution in [0.5, 0.6) is 0 Å². The summed E-state index contributed by atoms with van der Waals surface area (Å²) in [5.74, 6) is -0.940. The van der Waals surface area contributed by atoms with Gasteiger partial charge in [-0.05, 0) is 37.8 Å². The van der Waals surface area contributed by atoms with Gasteiger partial charge in [-0.15, -0.1) is 0 Å². The summed E-state index contributed by atoms with van der Waals surface area (Å²) < 4.78 is 0. The summed E-state index contributed by atoms with van der Waals surface area (Å²) >= 11 is 0. The zero-order valence-corrected chi connectivity index (χ0v) is 12.3. The van der Waals surface area contributed by atoms with Crippen molar-refractivity contribution in [2.24, 2.45) is 0 Å². The number of benzene rings is 1. The third kappa shape index (κ3) is 4.45. The smallest absolute Gasteiger partial charge is 0.305 e. The predicted molar refractivity (Wildman–Crippen MR) is 81.8 cm³/mol. The molecule has 1 amide bonds. The predicted octanol–water partition coefficient (Wildman–Crippen LogP) is 2.86. The summed E-state index contributed by atoms with van der Waals surface area (Å²) in [6.07, 6.45) is 6.08. The van der Waals surface area contributed by atoms with E-state index < -0.39 is 5.97 Å². The van der Waals surface area contributed by atoms with E-state index in [1.54, 1.807) is 17.1 Å². The first-order valence-corrected chi connectivity index (χ1v) is 7.33. The highest BCUT2D eigenvalue weighted by molar-refractivity contribution is 5.92. The van der Waals surface area contributed by atoms with Crippen LogP contribution in [-0.4, -0.2) is 34.5 Å². The molecule has 1 N–H and O–H groups in total. The van der Waals surface area contributed by atoms with Gasteiger partial charge in [0, 0.05) is 18.7 Å². The van der Waals surface area contributed by atoms with Crippen LogP contribution < -0.4 is 0 Å². The Hall–Kier alpha value is -2.10. The minimum atomic E-state index is -0.845. The number of nitrogens with zero attached hydrogens (tertiary/aromatic N) is 1. The molecule has 2 rings (SSSR count). The molecule has 1 aromatic carbocycles. The molecule has 1 fully saturated rings. The van der Waals surface area contributed by atoms with Crippen LogP contribution >= 0.6 is 0 Å². The van der Waals surface area contributed by atoms with Gasteiger partial charge in [-0.1, -0.05) is 29.8 Å². The second-order valence-corrected chi connectivity index (χ2v) is 5.53. The number of piperidine rings is 1. The lowest BCUT2D eigenvalue weighted by molar-refractivity contribution is -0.140. The van der Waals surface area contributed by atoms with Crippen LogP contribution in [0, 0.1) is 6.92 Å². The van der Waals surface area contributed by atoms with Gasteiger partial charge in [0.25, 0.3) is 0 Å². The minimum absolute atomic E-state index is 0.0318. The zero-order chi connectivity index (χ0) is 15.2. The van der Waals surface area contributed by atoms with Crippen LogP contribution in [0.1, 0.15) is 36.8 Å². The van der Waals surface area contributed by atoms with Crippen molar-refractivity contribution >= 4 is 18.0 Å². The zero-order valence-electron chi connectivity index (χ0n) is 12.3. The Kier molecular flexibility index (Phi) is 5.14. The first kappa shape index (κ1) is 15.3. The summed E-state index contributed by atoms with van der Waals surface area (Å²) in [5.41, 5.74) is 2.13. The van der Waals surface area contributed by atoms with Crippen molar-refractivity contribution in [2.75, 3.05) is 6.54 Å². The average Bonchev–Trinajstić information content (AvgIpc) is 2.45. The summed E-state index contributed by atoms with van der Waals surface area (Å²) in [7, 11) is 0. The third-order valence-electron chi connectivity index (χ3n) is 3.78. The molecule has 0 aliphatic carbocycles. The molecule has 1 atom stereocenters. The highest BCUT2D eigenvalue weighted by Gasteiger charge is 2.27. The van der Waals surface area contributed by atoms with Gasteiger partial charge in [0.05, 0.1) is 6.42 Å². The van der Waals surface area contributed by atoms with Crippen LogP contribution in [0.4, 0.5) is 0 Å². The molecule has 0 radical (unpaired) electrons. The van der Waals surface area contributed by atoms with E-state index in [-0.39, 0.29) is 18.4 Å². The van der Waals surface area contributed by atoms with E-state index in [0.717, 1.165) is 30.4 Å². The standard InChI is InChI=1S/C17H21NO3/c1-13-5-4-6-14(11-13)8-9-16(19)18-10-3-2-7-15(18)12-17(20)21/h4-6,8-9,11,15H,2-3,7,10,12H2,1H3,(H,20,21)/b9-8+. The first-order valence-electron chi connectivity index (χ1n) is 7.33. The molecule has 1 saturated heterocycles. The maximum absolute atomic E-state index is 12.3. The Morgan fingerprint density at radius 3 is 2.90 bits per heavy atom. The summed E-state index contributed by atoms with van der Waals surface area (Å²) in [5, 5.41) is 8.95. The summed E-state index contributed by atoms with van der Waals surface area (Å²) in [6, 6.07) is 7.74. The topological polar surface area (TPSA) is 57.6 Å². The number of hydrogen-bond donors (Lipinski definition) is 1. The van der Waals surface area contributed by atoms with Gasteiger partial charge >= 0.3 is 5.97 Å². The molecule has 0 saturated carbocycles. The molecule has 0 spiro atoms. The molecular formula is C17H21NO3. The fourth-order valence-electron chi connectivity index (χ4n) is 2.74. The molecule has 1 aromatic rings. The van der Waals surface area contributed by atoms with Crippen LogP contribution in [0.15, 0.2) is 30.3 Å². The maximum atomic E-state index is 12.3. The lowest BCUT2D eigenvalue weighted by Gasteiger charge is -2.34. The lowest BCUT2D eigenvalue weighted by Crippen LogP contribution is -2.44. The van der Waals surface area contributed by atoms with E-state index >= 15 is 0 Å². The summed E-state index contributed by atoms with van der Waals surface area (Å²) in [4.78, 5) is 24.9. The third-order valence-corrected chi connectivity index (χ3v) is 3.78. The Morgan fingerprint density at radius 2 is 2.19 bits per heavy atom. The van der Waals surface area contributed by atoms with Crippen molar-refractivity contribution in [3.63, 3.8) is 0 Å². The van der Waals surface area contributed by atoms with Crippen molar-refractivity contribution < 1.29 is 14.7 Å². The molecule has 21 heavy (non-hydrogen) atoms. The van der Waals surface area contributed by atoms with Gasteiger partial charge in [-0.3, -0.25) is 9.59 Å². The average molecular weight is 287 g/mol. The van der Waals surface area contributed by atoms with E-state index in [1.807, 2.05) is 31.2 Å². The lowest BCUT2D eigenvalue weighted by atomic mass is 9.99. The number of carbonyl (C=O) groups excluding carboxylic acids is 1. The fourth-order valence-corrected chi connectivity index (χ4v) is 2.74. The van der Waals surface area contributed by atoms with Gasteiger partial charge in [0.2, 0.25) is 5.91 Å². The highest BCUT2D eigenvalue weighted by Crippen LogP contribution is 2.20. The van der Waals surface area contributed by atoms with Crippen LogP contribution in [0.25, 0.3) is 6.08 Å². The van der Waals surface area contributed by atoms with Crippen molar-refractivity contribution in [3.05, 3.63) is 41.5 Å². The number of rotatable bonds is 4. The molecule has 0 aromatic heterocycles. The molecular weight excluding hydrogens is 266 g/mol. The summed E-state index contributed by atoms with van der Waals surface area (Å²) in [6.45, 7) is 2.65. The Balaban J connectivity index is 2.05. The second kappa shape index (κ2) is 7.07. The Bertz CT molecular complexity index is 551. The monoisotopic (exact) mass is 287 g/mol. The molecule has 1 unspecified atom stereocenters. The molecule has 4 heteroatoms. The fraction of sp³-hybridized carbons (Fsp3) is 0.412. The van der Waals surface area contributed by atoms with Crippen LogP contribution in [0.2, 0.25) is 0 Å². The van der Waals surface area contributed by atoms with Crippen LogP contribution in [0.3, 0.4) is 0 Å². The number of aryl methyl sites for hydroxylation is 1. The van der Waals surface area contributed by atoms with E-state index in [9.17, 15) is 9.59 Å². The van der Waals surface area contributed by atoms with E-state index in [2.05, 4.69) is 0 Å². The molecule has 4 nitrogen and oxygen atoms in total. The minimum Gasteiger partial charge on any atom is -0.481 e. The number of aliphatic carboxylic acids is 1. The van der Waals surface area contributed by atoms with Gasteiger partial charge in [0.1, 0.15) is 0 Å². The quantitative estimate of drug-likeness (QED) is 0.866. The van der Waals surface area contributed by atoms with Crippen molar-refractivity contribution in [3.8, 4) is 0 Å². The number of carboxylic acids is 1. The number of hydrogen-bond acceptors (Lipinski definition) is 2. The number of carbonyl (C=O) groups is 2. The van der Waals surface area contributed by atoms with Crippen LogP contribution in [-0.2, 0) is 9.59 Å². The normalized spacial score (nSPS) is 18.9. The Labute approximate surface area is 125 Å². The number of likely N-dealkylation sites (tertiary alicyclic amines) is 1. The van der Waals surface area contributed by atoms with Crippen molar-refractivity contribution in [1.82, 2.24) is 4.90 Å². The van der Waals surface area contributed by atoms with Gasteiger partial charge in [-0.2, -0.15) is 0 Å². The molecule has 1 heterocycles. The largest absolute Gasteiger partial charge is 0.481 e. The molecule has 0 bridgehead atoms. The Morgan fingerprint density at radius 1 is 1.38 bits per heavy atom. The van der Waals surface area contributed by atoms with Gasteiger partial charge in [0.15, 0.2) is 0 Å². The highest BCUT2D eigenvalue weighted by atomic mass is 16.4. The van der Waals surface area contributed by atoms with E-state index in [1.165, 1.54) is 0 Å². The number of carboxylic acid groups (broad SMARTS) is 1. The van der Waals surface area contributed by atoms with Crippen molar-refractivity contribution in [1.29, 1.82) is 0 Å². The SMILES string of the molecule is Cc1cccc(/C=C/C(=O)N2CCCCC2CC(=O)O)c1. The number of amides is 1. The van der Waals surface area contributed by atoms with Gasteiger partial charge in [-0.25, -0.2) is 0 Å². The van der Waals surface area contributed by atoms with E-state index in [4.69, 9.17) is 5.11 Å². The first-order chi connectivity index (χ1) is 10.1. The maximum Gasteiger partial charge on any atom is 0.305 e. The molecule has 1 aliphatic rings. The van der Waals surface area contributed by atoms with Gasteiger partial charge < -0.3 is 10.0 Å². The second-order valence-electron chi connectivity index (χ2n) is 5.53.